The van der Waals surface area contributed by atoms with Gasteiger partial charge in [-0.3, -0.25) is 9.89 Å². The van der Waals surface area contributed by atoms with Crippen molar-refractivity contribution in [3.63, 3.8) is 0 Å². The first-order valence-corrected chi connectivity index (χ1v) is 7.09. The fraction of sp³-hybridized carbons (Fsp3) is 0.714. The van der Waals surface area contributed by atoms with E-state index in [1.807, 2.05) is 13.8 Å². The van der Waals surface area contributed by atoms with Gasteiger partial charge < -0.3 is 10.4 Å². The number of nitrogens with one attached hydrogen (secondary N) is 2. The van der Waals surface area contributed by atoms with Crippen LogP contribution in [0.3, 0.4) is 0 Å². The van der Waals surface area contributed by atoms with Gasteiger partial charge in [0, 0.05) is 23.4 Å². The minimum atomic E-state index is -0.369. The van der Waals surface area contributed by atoms with E-state index in [0.717, 1.165) is 43.4 Å². The topological polar surface area (TPSA) is 78.0 Å². The molecule has 1 aliphatic rings. The summed E-state index contributed by atoms with van der Waals surface area (Å²) < 4.78 is 0. The van der Waals surface area contributed by atoms with Crippen LogP contribution in [0.4, 0.5) is 0 Å². The first-order valence-electron chi connectivity index (χ1n) is 7.09. The highest BCUT2D eigenvalue weighted by molar-refractivity contribution is 5.94. The van der Waals surface area contributed by atoms with E-state index in [2.05, 4.69) is 15.5 Å². The molecule has 0 aliphatic heterocycles. The van der Waals surface area contributed by atoms with Crippen molar-refractivity contribution in [3.8, 4) is 0 Å². The Morgan fingerprint density at radius 1 is 1.47 bits per heavy atom. The standard InChI is InChI=1S/C14H23N3O2/c1-3-14(2,8-9-18)15-13(19)12-10-6-4-5-7-11(10)16-17-12/h18H,3-9H2,1-2H3,(H,15,19)(H,16,17)/t14-/m0/s1. The Balaban J connectivity index is 2.13. The number of fused-ring (bicyclic) bond motifs is 1. The zero-order chi connectivity index (χ0) is 13.9. The molecule has 1 heterocycles. The maximum absolute atomic E-state index is 12.4. The molecule has 106 valence electrons. The zero-order valence-electron chi connectivity index (χ0n) is 11.8. The van der Waals surface area contributed by atoms with E-state index in [1.54, 1.807) is 0 Å². The lowest BCUT2D eigenvalue weighted by atomic mass is 9.93. The molecule has 0 aromatic carbocycles. The Kier molecular flexibility index (Phi) is 4.24. The Morgan fingerprint density at radius 3 is 2.89 bits per heavy atom. The second-order valence-electron chi connectivity index (χ2n) is 5.58. The number of aromatic nitrogens is 2. The van der Waals surface area contributed by atoms with Crippen molar-refractivity contribution >= 4 is 5.91 Å². The van der Waals surface area contributed by atoms with Gasteiger partial charge >= 0.3 is 0 Å². The van der Waals surface area contributed by atoms with Gasteiger partial charge in [0.15, 0.2) is 5.69 Å². The van der Waals surface area contributed by atoms with Gasteiger partial charge in [-0.2, -0.15) is 5.10 Å². The summed E-state index contributed by atoms with van der Waals surface area (Å²) in [5, 5.41) is 19.3. The zero-order valence-corrected chi connectivity index (χ0v) is 11.8. The van der Waals surface area contributed by atoms with Gasteiger partial charge in [-0.15, -0.1) is 0 Å². The summed E-state index contributed by atoms with van der Waals surface area (Å²) in [4.78, 5) is 12.4. The fourth-order valence-corrected chi connectivity index (χ4v) is 2.58. The lowest BCUT2D eigenvalue weighted by molar-refractivity contribution is 0.0880. The molecule has 3 N–H and O–H groups in total. The number of carbonyl (C=O) groups is 1. The Bertz CT molecular complexity index is 456. The maximum Gasteiger partial charge on any atom is 0.272 e. The summed E-state index contributed by atoms with van der Waals surface area (Å²) >= 11 is 0. The van der Waals surface area contributed by atoms with E-state index in [-0.39, 0.29) is 18.1 Å². The molecular weight excluding hydrogens is 242 g/mol. The summed E-state index contributed by atoms with van der Waals surface area (Å²) in [7, 11) is 0. The van der Waals surface area contributed by atoms with Crippen LogP contribution in [0, 0.1) is 0 Å². The number of hydrogen-bond acceptors (Lipinski definition) is 3. The number of aliphatic hydroxyl groups is 1. The minimum Gasteiger partial charge on any atom is -0.396 e. The molecule has 0 radical (unpaired) electrons. The first-order chi connectivity index (χ1) is 9.09. The average Bonchev–Trinajstić information content (AvgIpc) is 2.83. The Hall–Kier alpha value is -1.36. The third kappa shape index (κ3) is 2.97. The van der Waals surface area contributed by atoms with E-state index < -0.39 is 0 Å². The molecule has 1 amide bonds. The summed E-state index contributed by atoms with van der Waals surface area (Å²) in [5.74, 6) is -0.128. The molecule has 19 heavy (non-hydrogen) atoms. The van der Waals surface area contributed by atoms with Gasteiger partial charge in [-0.1, -0.05) is 6.92 Å². The van der Waals surface area contributed by atoms with E-state index in [4.69, 9.17) is 5.11 Å². The second-order valence-corrected chi connectivity index (χ2v) is 5.58. The van der Waals surface area contributed by atoms with Crippen molar-refractivity contribution in [2.45, 2.75) is 57.9 Å². The minimum absolute atomic E-state index is 0.0727. The molecule has 1 atom stereocenters. The molecule has 0 fully saturated rings. The number of amides is 1. The number of aryl methyl sites for hydroxylation is 1. The van der Waals surface area contributed by atoms with Crippen LogP contribution < -0.4 is 5.32 Å². The van der Waals surface area contributed by atoms with Crippen LogP contribution in [0.25, 0.3) is 0 Å². The Morgan fingerprint density at radius 2 is 2.21 bits per heavy atom. The number of H-pyrrole nitrogens is 1. The van der Waals surface area contributed by atoms with E-state index >= 15 is 0 Å². The summed E-state index contributed by atoms with van der Waals surface area (Å²) in [6, 6.07) is 0. The Labute approximate surface area is 113 Å². The van der Waals surface area contributed by atoms with Crippen LogP contribution >= 0.6 is 0 Å². The number of carbonyl (C=O) groups excluding carboxylic acids is 1. The van der Waals surface area contributed by atoms with Crippen LogP contribution in [-0.4, -0.2) is 33.4 Å². The predicted octanol–water partition coefficient (Wildman–Crippen LogP) is 1.57. The summed E-state index contributed by atoms with van der Waals surface area (Å²) in [6.07, 6.45) is 5.53. The van der Waals surface area contributed by atoms with E-state index in [0.29, 0.717) is 12.1 Å². The van der Waals surface area contributed by atoms with Gasteiger partial charge in [-0.05, 0) is 45.4 Å². The molecule has 5 nitrogen and oxygen atoms in total. The highest BCUT2D eigenvalue weighted by Gasteiger charge is 2.28. The van der Waals surface area contributed by atoms with Crippen LogP contribution in [0.2, 0.25) is 0 Å². The van der Waals surface area contributed by atoms with Crippen LogP contribution in [-0.2, 0) is 12.8 Å². The average molecular weight is 265 g/mol. The van der Waals surface area contributed by atoms with Crippen molar-refractivity contribution in [1.29, 1.82) is 0 Å². The number of nitrogens with zero attached hydrogens (tertiary/aromatic N) is 1. The third-order valence-electron chi connectivity index (χ3n) is 4.13. The second kappa shape index (κ2) is 5.74. The fourth-order valence-electron chi connectivity index (χ4n) is 2.58. The van der Waals surface area contributed by atoms with Crippen molar-refractivity contribution in [3.05, 3.63) is 17.0 Å². The molecule has 2 rings (SSSR count). The van der Waals surface area contributed by atoms with Crippen molar-refractivity contribution in [1.82, 2.24) is 15.5 Å². The number of hydrogen-bond donors (Lipinski definition) is 3. The van der Waals surface area contributed by atoms with E-state index in [1.165, 1.54) is 0 Å². The lowest BCUT2D eigenvalue weighted by Gasteiger charge is -2.28. The molecule has 1 aromatic heterocycles. The predicted molar refractivity (Wildman–Crippen MR) is 73.1 cm³/mol. The number of rotatable bonds is 5. The number of aliphatic hydroxyl groups excluding tert-OH is 1. The molecule has 0 unspecified atom stereocenters. The van der Waals surface area contributed by atoms with Crippen LogP contribution in [0.15, 0.2) is 0 Å². The van der Waals surface area contributed by atoms with Gasteiger partial charge in [0.05, 0.1) is 0 Å². The summed E-state index contributed by atoms with van der Waals surface area (Å²) in [6.45, 7) is 4.04. The van der Waals surface area contributed by atoms with Gasteiger partial charge in [-0.25, -0.2) is 0 Å². The van der Waals surface area contributed by atoms with Crippen LogP contribution in [0.5, 0.6) is 0 Å². The maximum atomic E-state index is 12.4. The third-order valence-corrected chi connectivity index (χ3v) is 4.13. The molecule has 1 aromatic rings. The van der Waals surface area contributed by atoms with E-state index in [9.17, 15) is 4.79 Å². The molecule has 0 saturated carbocycles. The molecule has 0 saturated heterocycles. The quantitative estimate of drug-likeness (QED) is 0.756. The largest absolute Gasteiger partial charge is 0.396 e. The smallest absolute Gasteiger partial charge is 0.272 e. The van der Waals surface area contributed by atoms with Crippen LogP contribution in [0.1, 0.15) is 61.3 Å². The van der Waals surface area contributed by atoms with Crippen molar-refractivity contribution in [2.24, 2.45) is 0 Å². The van der Waals surface area contributed by atoms with Crippen molar-refractivity contribution < 1.29 is 9.90 Å². The SMILES string of the molecule is CC[C@@](C)(CCO)NC(=O)c1n[nH]c2c1CCCC2. The number of aromatic amines is 1. The lowest BCUT2D eigenvalue weighted by Crippen LogP contribution is -2.46. The normalized spacial score (nSPS) is 17.6. The molecule has 1 aliphatic carbocycles. The molecule has 0 bridgehead atoms. The summed E-state index contributed by atoms with van der Waals surface area (Å²) in [5.41, 5.74) is 2.35. The van der Waals surface area contributed by atoms with Crippen molar-refractivity contribution in [2.75, 3.05) is 6.61 Å². The molecular formula is C14H23N3O2. The van der Waals surface area contributed by atoms with Gasteiger partial charge in [0.1, 0.15) is 0 Å². The monoisotopic (exact) mass is 265 g/mol. The first kappa shape index (κ1) is 14.1. The molecule has 5 heteroatoms. The van der Waals surface area contributed by atoms with Gasteiger partial charge in [0.2, 0.25) is 0 Å². The highest BCUT2D eigenvalue weighted by Crippen LogP contribution is 2.23. The highest BCUT2D eigenvalue weighted by atomic mass is 16.3. The van der Waals surface area contributed by atoms with Gasteiger partial charge in [0.25, 0.3) is 5.91 Å². The molecule has 0 spiro atoms.